The molecule has 7 nitrogen and oxygen atoms in total. The van der Waals surface area contributed by atoms with Crippen molar-refractivity contribution in [2.75, 3.05) is 52.5 Å². The second-order valence-electron chi connectivity index (χ2n) is 4.58. The van der Waals surface area contributed by atoms with E-state index in [1.807, 2.05) is 4.90 Å². The molecule has 0 radical (unpaired) electrons. The molecule has 0 aromatic carbocycles. The maximum Gasteiger partial charge on any atom is 0.304 e. The van der Waals surface area contributed by atoms with E-state index in [0.29, 0.717) is 19.6 Å². The number of carboxylic acids is 2. The van der Waals surface area contributed by atoms with Gasteiger partial charge in [-0.05, 0) is 0 Å². The maximum absolute atomic E-state index is 10.6. The number of nitrogens with zero attached hydrogens (tertiary/aromatic N) is 2. The minimum absolute atomic E-state index is 0.0444. The summed E-state index contributed by atoms with van der Waals surface area (Å²) < 4.78 is 5.25. The van der Waals surface area contributed by atoms with E-state index < -0.39 is 11.9 Å². The SMILES string of the molecule is O=C(O)CCN(CCC(=O)O)CCN1CCOCC1. The Kier molecular flexibility index (Phi) is 7.39. The van der Waals surface area contributed by atoms with Crippen LogP contribution in [-0.4, -0.2) is 84.4 Å². The van der Waals surface area contributed by atoms with Crippen LogP contribution in [0.25, 0.3) is 0 Å². The zero-order valence-electron chi connectivity index (χ0n) is 11.1. The Morgan fingerprint density at radius 1 is 1.00 bits per heavy atom. The Bertz CT molecular complexity index is 274. The number of hydrogen-bond acceptors (Lipinski definition) is 5. The Labute approximate surface area is 112 Å². The highest BCUT2D eigenvalue weighted by atomic mass is 16.5. The summed E-state index contributed by atoms with van der Waals surface area (Å²) >= 11 is 0. The zero-order valence-corrected chi connectivity index (χ0v) is 11.1. The van der Waals surface area contributed by atoms with Gasteiger partial charge in [-0.15, -0.1) is 0 Å². The predicted octanol–water partition coefficient (Wildman–Crippen LogP) is -0.430. The van der Waals surface area contributed by atoms with Crippen molar-refractivity contribution < 1.29 is 24.5 Å². The van der Waals surface area contributed by atoms with Crippen LogP contribution in [0.4, 0.5) is 0 Å². The van der Waals surface area contributed by atoms with Gasteiger partial charge in [0.05, 0.1) is 26.1 Å². The number of ether oxygens (including phenoxy) is 1. The molecule has 1 rings (SSSR count). The molecule has 110 valence electrons. The summed E-state index contributed by atoms with van der Waals surface area (Å²) in [5, 5.41) is 17.4. The second kappa shape index (κ2) is 8.84. The van der Waals surface area contributed by atoms with Crippen LogP contribution in [0.5, 0.6) is 0 Å². The quantitative estimate of drug-likeness (QED) is 0.589. The molecule has 0 atom stereocenters. The average Bonchev–Trinajstić information content (AvgIpc) is 2.38. The molecule has 1 heterocycles. The number of carbonyl (C=O) groups is 2. The fourth-order valence-electron chi connectivity index (χ4n) is 1.95. The first-order valence-corrected chi connectivity index (χ1v) is 6.54. The topological polar surface area (TPSA) is 90.3 Å². The zero-order chi connectivity index (χ0) is 14.1. The van der Waals surface area contributed by atoms with Gasteiger partial charge in [-0.25, -0.2) is 0 Å². The summed E-state index contributed by atoms with van der Waals surface area (Å²) in [7, 11) is 0. The molecule has 2 N–H and O–H groups in total. The molecule has 0 unspecified atom stereocenters. The van der Waals surface area contributed by atoms with Crippen molar-refractivity contribution in [3.05, 3.63) is 0 Å². The molecular formula is C12H22N2O5. The first-order valence-electron chi connectivity index (χ1n) is 6.54. The van der Waals surface area contributed by atoms with Crippen molar-refractivity contribution in [3.8, 4) is 0 Å². The molecule has 1 fully saturated rings. The van der Waals surface area contributed by atoms with E-state index >= 15 is 0 Å². The smallest absolute Gasteiger partial charge is 0.304 e. The number of hydrogen-bond donors (Lipinski definition) is 2. The molecule has 0 spiro atoms. The first-order chi connectivity index (χ1) is 9.08. The van der Waals surface area contributed by atoms with Gasteiger partial charge in [0.25, 0.3) is 0 Å². The maximum atomic E-state index is 10.6. The third-order valence-electron chi connectivity index (χ3n) is 3.12. The standard InChI is InChI=1S/C12H22N2O5/c15-11(16)1-3-13(4-2-12(17)18)5-6-14-7-9-19-10-8-14/h1-10H2,(H,15,16)(H,17,18). The van der Waals surface area contributed by atoms with Crippen molar-refractivity contribution in [1.29, 1.82) is 0 Å². The minimum Gasteiger partial charge on any atom is -0.481 e. The molecule has 7 heteroatoms. The van der Waals surface area contributed by atoms with E-state index in [2.05, 4.69) is 4.90 Å². The van der Waals surface area contributed by atoms with Crippen molar-refractivity contribution in [1.82, 2.24) is 9.80 Å². The third-order valence-corrected chi connectivity index (χ3v) is 3.12. The van der Waals surface area contributed by atoms with Gasteiger partial charge < -0.3 is 19.8 Å². The molecule has 1 aliphatic rings. The lowest BCUT2D eigenvalue weighted by Gasteiger charge is -2.29. The Hall–Kier alpha value is -1.18. The van der Waals surface area contributed by atoms with Crippen LogP contribution in [0.2, 0.25) is 0 Å². The highest BCUT2D eigenvalue weighted by molar-refractivity contribution is 5.67. The average molecular weight is 274 g/mol. The third kappa shape index (κ3) is 7.76. The van der Waals surface area contributed by atoms with E-state index in [1.54, 1.807) is 0 Å². The highest BCUT2D eigenvalue weighted by Gasteiger charge is 2.14. The van der Waals surface area contributed by atoms with Gasteiger partial charge in [0.15, 0.2) is 0 Å². The van der Waals surface area contributed by atoms with Crippen LogP contribution in [0.1, 0.15) is 12.8 Å². The van der Waals surface area contributed by atoms with Crippen molar-refractivity contribution >= 4 is 11.9 Å². The van der Waals surface area contributed by atoms with E-state index in [1.165, 1.54) is 0 Å². The number of rotatable bonds is 9. The lowest BCUT2D eigenvalue weighted by molar-refractivity contribution is -0.137. The predicted molar refractivity (Wildman–Crippen MR) is 68.2 cm³/mol. The van der Waals surface area contributed by atoms with Crippen molar-refractivity contribution in [2.45, 2.75) is 12.8 Å². The lowest BCUT2D eigenvalue weighted by atomic mass is 10.3. The molecule has 0 aromatic rings. The largest absolute Gasteiger partial charge is 0.481 e. The Morgan fingerprint density at radius 3 is 2.00 bits per heavy atom. The lowest BCUT2D eigenvalue weighted by Crippen LogP contribution is -2.42. The minimum atomic E-state index is -0.855. The summed E-state index contributed by atoms with van der Waals surface area (Å²) in [6.45, 7) is 5.52. The fraction of sp³-hybridized carbons (Fsp3) is 0.833. The summed E-state index contributed by atoms with van der Waals surface area (Å²) in [4.78, 5) is 25.3. The van der Waals surface area contributed by atoms with E-state index in [0.717, 1.165) is 32.8 Å². The molecule has 19 heavy (non-hydrogen) atoms. The molecule has 0 amide bonds. The summed E-state index contributed by atoms with van der Waals surface area (Å²) in [5.74, 6) is -1.71. The summed E-state index contributed by atoms with van der Waals surface area (Å²) in [5.41, 5.74) is 0. The molecule has 0 aliphatic carbocycles. The molecule has 1 saturated heterocycles. The molecule has 1 aliphatic heterocycles. The van der Waals surface area contributed by atoms with Crippen LogP contribution in [0.15, 0.2) is 0 Å². The van der Waals surface area contributed by atoms with Crippen LogP contribution in [-0.2, 0) is 14.3 Å². The molecule has 0 aromatic heterocycles. The van der Waals surface area contributed by atoms with Gasteiger partial charge >= 0.3 is 11.9 Å². The molecular weight excluding hydrogens is 252 g/mol. The van der Waals surface area contributed by atoms with Crippen LogP contribution in [0.3, 0.4) is 0 Å². The van der Waals surface area contributed by atoms with E-state index in [4.69, 9.17) is 14.9 Å². The second-order valence-corrected chi connectivity index (χ2v) is 4.58. The number of morpholine rings is 1. The summed E-state index contributed by atoms with van der Waals surface area (Å²) in [6, 6.07) is 0. The van der Waals surface area contributed by atoms with E-state index in [-0.39, 0.29) is 12.8 Å². The first kappa shape index (κ1) is 15.9. The Morgan fingerprint density at radius 2 is 1.53 bits per heavy atom. The van der Waals surface area contributed by atoms with Gasteiger partial charge in [-0.1, -0.05) is 0 Å². The van der Waals surface area contributed by atoms with Crippen molar-refractivity contribution in [2.24, 2.45) is 0 Å². The van der Waals surface area contributed by atoms with Gasteiger partial charge in [0.2, 0.25) is 0 Å². The fourth-order valence-corrected chi connectivity index (χ4v) is 1.95. The monoisotopic (exact) mass is 274 g/mol. The van der Waals surface area contributed by atoms with Gasteiger partial charge in [0.1, 0.15) is 0 Å². The number of aliphatic carboxylic acids is 2. The van der Waals surface area contributed by atoms with E-state index in [9.17, 15) is 9.59 Å². The Balaban J connectivity index is 2.29. The van der Waals surface area contributed by atoms with Crippen LogP contribution < -0.4 is 0 Å². The van der Waals surface area contributed by atoms with Gasteiger partial charge in [-0.3, -0.25) is 14.5 Å². The van der Waals surface area contributed by atoms with Gasteiger partial charge in [-0.2, -0.15) is 0 Å². The summed E-state index contributed by atoms with van der Waals surface area (Å²) in [6.07, 6.45) is 0.0888. The van der Waals surface area contributed by atoms with Crippen LogP contribution >= 0.6 is 0 Å². The van der Waals surface area contributed by atoms with Gasteiger partial charge in [0, 0.05) is 39.3 Å². The van der Waals surface area contributed by atoms with Crippen molar-refractivity contribution in [3.63, 3.8) is 0 Å². The number of carboxylic acid groups (broad SMARTS) is 2. The molecule has 0 bridgehead atoms. The molecule has 0 saturated carbocycles. The normalized spacial score (nSPS) is 16.7. The highest BCUT2D eigenvalue weighted by Crippen LogP contribution is 2.00. The van der Waals surface area contributed by atoms with Crippen LogP contribution in [0, 0.1) is 0 Å².